The highest BCUT2D eigenvalue weighted by Crippen LogP contribution is 2.42. The van der Waals surface area contributed by atoms with Gasteiger partial charge in [0.25, 0.3) is 0 Å². The van der Waals surface area contributed by atoms with Gasteiger partial charge in [0.05, 0.1) is 76.5 Å². The van der Waals surface area contributed by atoms with Gasteiger partial charge < -0.3 is 58.8 Å². The Kier molecular flexibility index (Phi) is 15.1. The van der Waals surface area contributed by atoms with Crippen LogP contribution in [0.2, 0.25) is 0 Å². The second kappa shape index (κ2) is 21.0. The van der Waals surface area contributed by atoms with Crippen molar-refractivity contribution in [2.45, 2.75) is 77.5 Å². The standard InChI is InChI=1S/C46H60N8O10/c1-27(2)39(51-45(57)59-5)43(55)53-15-7-9-35(53)41-47-25-33(49-41)29-11-13-31-32-14-12-30(24-38(32)64-22-20-62-18-17-61-19-21-63-37(31)23-29)34-26-48-42(50-34)36-10-8-16-54(36)44(56)40(28(3)4)52-46(58)60-6/h11-14,23-28,35-36,39-40H,7-10,15-22H2,1-6H3,(H,47,49)(H,48,50)(H,51,57)(H,52,58). The second-order valence-electron chi connectivity index (χ2n) is 16.8. The first-order valence-corrected chi connectivity index (χ1v) is 22.1. The number of rotatable bonds is 10. The van der Waals surface area contributed by atoms with Crippen LogP contribution in [0.4, 0.5) is 9.59 Å². The van der Waals surface area contributed by atoms with Crippen molar-refractivity contribution in [1.29, 1.82) is 0 Å². The number of hydrogen-bond donors (Lipinski definition) is 4. The van der Waals surface area contributed by atoms with Crippen LogP contribution in [0.3, 0.4) is 0 Å². The number of methoxy groups -OCH3 is 2. The molecule has 2 aromatic carbocycles. The van der Waals surface area contributed by atoms with Gasteiger partial charge in [-0.2, -0.15) is 0 Å². The van der Waals surface area contributed by atoms with E-state index in [-0.39, 0.29) is 35.7 Å². The Bertz CT molecular complexity index is 2100. The number of H-pyrrole nitrogens is 2. The van der Waals surface area contributed by atoms with Gasteiger partial charge in [0, 0.05) is 35.3 Å². The van der Waals surface area contributed by atoms with Crippen molar-refractivity contribution in [2.75, 3.05) is 67.0 Å². The van der Waals surface area contributed by atoms with E-state index >= 15 is 0 Å². The molecule has 5 heterocycles. The Labute approximate surface area is 373 Å². The van der Waals surface area contributed by atoms with Gasteiger partial charge in [-0.15, -0.1) is 0 Å². The number of amides is 4. The summed E-state index contributed by atoms with van der Waals surface area (Å²) in [6.45, 7) is 10.8. The Hall–Kier alpha value is -6.14. The molecule has 2 aromatic heterocycles. The number of carbonyl (C=O) groups excluding carboxylic acids is 4. The predicted octanol–water partition coefficient (Wildman–Crippen LogP) is 6.03. The zero-order valence-electron chi connectivity index (χ0n) is 37.4. The summed E-state index contributed by atoms with van der Waals surface area (Å²) in [5, 5.41) is 5.41. The lowest BCUT2D eigenvalue weighted by Crippen LogP contribution is -2.51. The Morgan fingerprint density at radius 3 is 1.44 bits per heavy atom. The van der Waals surface area contributed by atoms with E-state index in [1.54, 1.807) is 22.2 Å². The van der Waals surface area contributed by atoms with E-state index in [2.05, 4.69) is 20.6 Å². The lowest BCUT2D eigenvalue weighted by molar-refractivity contribution is -0.136. The zero-order chi connectivity index (χ0) is 45.3. The number of nitrogens with one attached hydrogen (secondary N) is 4. The van der Waals surface area contributed by atoms with E-state index in [4.69, 9.17) is 38.4 Å². The first-order valence-electron chi connectivity index (χ1n) is 22.1. The minimum absolute atomic E-state index is 0.145. The molecule has 4 aromatic rings. The Balaban J connectivity index is 1.15. The topological polar surface area (TPSA) is 212 Å². The van der Waals surface area contributed by atoms with E-state index in [0.29, 0.717) is 75.9 Å². The molecule has 0 saturated carbocycles. The molecule has 4 unspecified atom stereocenters. The number of ether oxygens (including phenoxy) is 6. The summed E-state index contributed by atoms with van der Waals surface area (Å²) in [6, 6.07) is 9.86. The number of carbonyl (C=O) groups is 4. The molecule has 4 atom stereocenters. The summed E-state index contributed by atoms with van der Waals surface area (Å²) in [5.41, 5.74) is 4.79. The zero-order valence-corrected chi connectivity index (χ0v) is 37.4. The molecule has 18 nitrogen and oxygen atoms in total. The summed E-state index contributed by atoms with van der Waals surface area (Å²) in [5.74, 6) is 1.91. The first-order chi connectivity index (χ1) is 31.0. The summed E-state index contributed by atoms with van der Waals surface area (Å²) in [6.07, 6.45) is 5.30. The van der Waals surface area contributed by atoms with E-state index in [9.17, 15) is 19.2 Å². The fraction of sp³-hybridized carbons (Fsp3) is 0.522. The van der Waals surface area contributed by atoms with Crippen molar-refractivity contribution in [3.8, 4) is 45.1 Å². The molecule has 64 heavy (non-hydrogen) atoms. The maximum atomic E-state index is 13.8. The molecule has 4 amide bonds. The second-order valence-corrected chi connectivity index (χ2v) is 16.8. The molecule has 2 fully saturated rings. The van der Waals surface area contributed by atoms with Crippen LogP contribution in [0.25, 0.3) is 33.6 Å². The van der Waals surface area contributed by atoms with Crippen LogP contribution in [-0.2, 0) is 28.5 Å². The van der Waals surface area contributed by atoms with Crippen LogP contribution >= 0.6 is 0 Å². The maximum Gasteiger partial charge on any atom is 0.407 e. The molecular formula is C46H60N8O10. The van der Waals surface area contributed by atoms with Crippen LogP contribution in [0.1, 0.15) is 77.1 Å². The van der Waals surface area contributed by atoms with Gasteiger partial charge in [0.15, 0.2) is 0 Å². The van der Waals surface area contributed by atoms with Crippen molar-refractivity contribution >= 4 is 24.0 Å². The van der Waals surface area contributed by atoms with Crippen molar-refractivity contribution < 1.29 is 47.6 Å². The molecule has 7 rings (SSSR count). The van der Waals surface area contributed by atoms with Gasteiger partial charge in [-0.05, 0) is 61.8 Å². The molecule has 3 aliphatic rings. The smallest absolute Gasteiger partial charge is 0.407 e. The highest BCUT2D eigenvalue weighted by molar-refractivity contribution is 5.87. The van der Waals surface area contributed by atoms with Gasteiger partial charge in [-0.25, -0.2) is 19.6 Å². The number of aromatic nitrogens is 4. The van der Waals surface area contributed by atoms with Gasteiger partial charge >= 0.3 is 12.2 Å². The molecule has 344 valence electrons. The Morgan fingerprint density at radius 1 is 0.641 bits per heavy atom. The molecule has 2 saturated heterocycles. The van der Waals surface area contributed by atoms with E-state index in [0.717, 1.165) is 59.3 Å². The molecule has 3 aliphatic heterocycles. The minimum Gasteiger partial charge on any atom is -0.491 e. The highest BCUT2D eigenvalue weighted by Gasteiger charge is 2.39. The van der Waals surface area contributed by atoms with E-state index in [1.807, 2.05) is 64.1 Å². The fourth-order valence-corrected chi connectivity index (χ4v) is 8.50. The summed E-state index contributed by atoms with van der Waals surface area (Å²) < 4.78 is 34.0. The highest BCUT2D eigenvalue weighted by atomic mass is 16.6. The maximum absolute atomic E-state index is 13.8. The van der Waals surface area contributed by atoms with Gasteiger partial charge in [0.2, 0.25) is 11.8 Å². The van der Waals surface area contributed by atoms with Crippen LogP contribution in [-0.4, -0.2) is 133 Å². The molecule has 0 spiro atoms. The van der Waals surface area contributed by atoms with Crippen LogP contribution in [0.15, 0.2) is 48.8 Å². The lowest BCUT2D eigenvalue weighted by Gasteiger charge is -2.30. The van der Waals surface area contributed by atoms with Gasteiger partial charge in [0.1, 0.15) is 48.4 Å². The van der Waals surface area contributed by atoms with E-state index < -0.39 is 24.3 Å². The van der Waals surface area contributed by atoms with Crippen LogP contribution < -0.4 is 20.1 Å². The third-order valence-corrected chi connectivity index (χ3v) is 11.9. The Morgan fingerprint density at radius 2 is 1.05 bits per heavy atom. The van der Waals surface area contributed by atoms with Crippen LogP contribution in [0.5, 0.6) is 11.5 Å². The number of alkyl carbamates (subject to hydrolysis) is 2. The average molecular weight is 885 g/mol. The third-order valence-electron chi connectivity index (χ3n) is 11.9. The fourth-order valence-electron chi connectivity index (χ4n) is 8.50. The lowest BCUT2D eigenvalue weighted by atomic mass is 9.98. The molecule has 0 radical (unpaired) electrons. The average Bonchev–Trinajstić information content (AvgIpc) is 4.14. The number of imidazole rings is 2. The summed E-state index contributed by atoms with van der Waals surface area (Å²) in [7, 11) is 2.56. The van der Waals surface area contributed by atoms with E-state index in [1.165, 1.54) is 14.2 Å². The van der Waals surface area contributed by atoms with Gasteiger partial charge in [-0.3, -0.25) is 9.59 Å². The first kappa shape index (κ1) is 45.9. The molecule has 4 N–H and O–H groups in total. The number of fused-ring (bicyclic) bond motifs is 3. The molecular weight excluding hydrogens is 825 g/mol. The van der Waals surface area contributed by atoms with Crippen molar-refractivity contribution in [2.24, 2.45) is 11.8 Å². The molecule has 0 bridgehead atoms. The number of aromatic amines is 2. The number of hydrogen-bond acceptors (Lipinski definition) is 12. The summed E-state index contributed by atoms with van der Waals surface area (Å²) >= 11 is 0. The largest absolute Gasteiger partial charge is 0.491 e. The quantitative estimate of drug-likeness (QED) is 0.144. The van der Waals surface area contributed by atoms with Crippen molar-refractivity contribution in [1.82, 2.24) is 40.4 Å². The predicted molar refractivity (Wildman–Crippen MR) is 235 cm³/mol. The van der Waals surface area contributed by atoms with Gasteiger partial charge in [-0.1, -0.05) is 39.8 Å². The summed E-state index contributed by atoms with van der Waals surface area (Å²) in [4.78, 5) is 71.7. The minimum atomic E-state index is -0.734. The number of benzene rings is 2. The van der Waals surface area contributed by atoms with Crippen LogP contribution in [0, 0.1) is 11.8 Å². The normalized spacial score (nSPS) is 19.1. The van der Waals surface area contributed by atoms with Crippen molar-refractivity contribution in [3.63, 3.8) is 0 Å². The monoisotopic (exact) mass is 884 g/mol. The number of likely N-dealkylation sites (tertiary alicyclic amines) is 2. The van der Waals surface area contributed by atoms with Crippen molar-refractivity contribution in [3.05, 3.63) is 60.4 Å². The third kappa shape index (κ3) is 10.4. The molecule has 18 heteroatoms. The number of nitrogens with zero attached hydrogens (tertiary/aromatic N) is 4. The molecule has 0 aliphatic carbocycles. The SMILES string of the molecule is COC(=O)NC(C(=O)N1CCCC1c1ncc(-c2ccc3c(c2)OCCOCCOCCOc2cc(-c4cnc(C5CCCN5C(=O)C(NC(=O)OC)C(C)C)[nH]4)ccc2-3)[nH]1)C(C)C.